The summed E-state index contributed by atoms with van der Waals surface area (Å²) in [5, 5.41) is 3.19. The van der Waals surface area contributed by atoms with Crippen molar-refractivity contribution in [2.24, 2.45) is 0 Å². The van der Waals surface area contributed by atoms with E-state index in [0.29, 0.717) is 16.3 Å². The topological polar surface area (TPSA) is 79.5 Å². The van der Waals surface area contributed by atoms with E-state index >= 15 is 0 Å². The average molecular weight is 426 g/mol. The Morgan fingerprint density at radius 1 is 1.11 bits per heavy atom. The molecule has 2 aromatic rings. The first-order chi connectivity index (χ1) is 12.8. The third kappa shape index (κ3) is 6.09. The molecule has 2 rings (SSSR count). The van der Waals surface area contributed by atoms with Crippen LogP contribution >= 0.6 is 35.4 Å². The maximum Gasteiger partial charge on any atom is 0.279 e. The Morgan fingerprint density at radius 2 is 1.81 bits per heavy atom. The lowest BCUT2D eigenvalue weighted by Gasteiger charge is -2.17. The molecule has 0 saturated carbocycles. The Balaban J connectivity index is 1.84. The van der Waals surface area contributed by atoms with Gasteiger partial charge in [-0.1, -0.05) is 41.4 Å². The number of amides is 2. The molecule has 0 heterocycles. The molecule has 0 aromatic heterocycles. The second-order valence-corrected chi connectivity index (χ2v) is 6.80. The van der Waals surface area contributed by atoms with E-state index in [9.17, 15) is 9.59 Å². The third-order valence-corrected chi connectivity index (χ3v) is 4.22. The summed E-state index contributed by atoms with van der Waals surface area (Å²) < 4.78 is 5.49. The van der Waals surface area contributed by atoms with Crippen LogP contribution in [0.15, 0.2) is 42.5 Å². The molecule has 1 atom stereocenters. The molecule has 0 spiro atoms. The van der Waals surface area contributed by atoms with Gasteiger partial charge < -0.3 is 4.74 Å². The summed E-state index contributed by atoms with van der Waals surface area (Å²) in [5.74, 6) is -0.565. The summed E-state index contributed by atoms with van der Waals surface area (Å²) in [5.41, 5.74) is 6.12. The van der Waals surface area contributed by atoms with E-state index in [1.807, 2.05) is 19.1 Å². The standard InChI is InChI=1S/C18H17Cl2N3O3S/c1-10-5-3-4-6-13(10)17(25)21-18(27)23-22-16(24)11(2)26-15-8-7-12(19)9-14(15)20/h3-9,11H,1-2H3,(H,22,24)(H2,21,23,25,27). The Labute approximate surface area is 172 Å². The fourth-order valence-corrected chi connectivity index (χ4v) is 2.66. The number of carbonyl (C=O) groups excluding carboxylic acids is 2. The quantitative estimate of drug-likeness (QED) is 0.516. The minimum atomic E-state index is -0.869. The van der Waals surface area contributed by atoms with E-state index in [2.05, 4.69) is 16.2 Å². The lowest BCUT2D eigenvalue weighted by atomic mass is 10.1. The first-order valence-electron chi connectivity index (χ1n) is 7.86. The Kier molecular flexibility index (Phi) is 7.41. The van der Waals surface area contributed by atoms with Crippen molar-refractivity contribution in [3.05, 3.63) is 63.6 Å². The van der Waals surface area contributed by atoms with Gasteiger partial charge >= 0.3 is 0 Å². The highest BCUT2D eigenvalue weighted by Gasteiger charge is 2.17. The van der Waals surface area contributed by atoms with Gasteiger partial charge in [-0.3, -0.25) is 25.8 Å². The van der Waals surface area contributed by atoms with Crippen LogP contribution in [0.4, 0.5) is 0 Å². The molecule has 0 radical (unpaired) electrons. The average Bonchev–Trinajstić information content (AvgIpc) is 2.62. The number of aryl methyl sites for hydroxylation is 1. The van der Waals surface area contributed by atoms with Gasteiger partial charge in [0.05, 0.1) is 5.02 Å². The molecule has 2 amide bonds. The third-order valence-electron chi connectivity index (χ3n) is 3.48. The number of hydrogen-bond donors (Lipinski definition) is 3. The van der Waals surface area contributed by atoms with Gasteiger partial charge in [-0.25, -0.2) is 0 Å². The molecule has 2 aromatic carbocycles. The smallest absolute Gasteiger partial charge is 0.279 e. The highest BCUT2D eigenvalue weighted by Crippen LogP contribution is 2.28. The van der Waals surface area contributed by atoms with Crippen LogP contribution in [0, 0.1) is 6.92 Å². The Bertz CT molecular complexity index is 877. The number of benzene rings is 2. The summed E-state index contributed by atoms with van der Waals surface area (Å²) in [7, 11) is 0. The number of rotatable bonds is 4. The minimum Gasteiger partial charge on any atom is -0.479 e. The molecular formula is C18H17Cl2N3O3S. The van der Waals surface area contributed by atoms with Crippen molar-refractivity contribution in [1.82, 2.24) is 16.2 Å². The molecule has 1 unspecified atom stereocenters. The molecule has 0 bridgehead atoms. The first kappa shape index (κ1) is 21.0. The fourth-order valence-electron chi connectivity index (χ4n) is 2.06. The number of hydrogen-bond acceptors (Lipinski definition) is 4. The van der Waals surface area contributed by atoms with Gasteiger partial charge in [0.25, 0.3) is 11.8 Å². The predicted octanol–water partition coefficient (Wildman–Crippen LogP) is 3.40. The molecule has 0 aliphatic heterocycles. The minimum absolute atomic E-state index is 0.0478. The van der Waals surface area contributed by atoms with Gasteiger partial charge in [0.2, 0.25) is 0 Å². The number of carbonyl (C=O) groups is 2. The second-order valence-electron chi connectivity index (χ2n) is 5.55. The molecule has 142 valence electrons. The van der Waals surface area contributed by atoms with Crippen LogP contribution in [0.2, 0.25) is 10.0 Å². The van der Waals surface area contributed by atoms with Crippen molar-refractivity contribution in [3.63, 3.8) is 0 Å². The zero-order chi connectivity index (χ0) is 20.0. The van der Waals surface area contributed by atoms with E-state index in [-0.39, 0.29) is 16.0 Å². The van der Waals surface area contributed by atoms with Crippen LogP contribution in [0.25, 0.3) is 0 Å². The summed E-state index contributed by atoms with van der Waals surface area (Å²) in [6.45, 7) is 3.35. The van der Waals surface area contributed by atoms with Crippen molar-refractivity contribution < 1.29 is 14.3 Å². The van der Waals surface area contributed by atoms with Crippen LogP contribution in [-0.4, -0.2) is 23.0 Å². The van der Waals surface area contributed by atoms with Gasteiger partial charge in [-0.15, -0.1) is 0 Å². The zero-order valence-electron chi connectivity index (χ0n) is 14.5. The van der Waals surface area contributed by atoms with E-state index in [1.165, 1.54) is 13.0 Å². The van der Waals surface area contributed by atoms with E-state index in [0.717, 1.165) is 5.56 Å². The number of thiocarbonyl (C=S) groups is 1. The first-order valence-corrected chi connectivity index (χ1v) is 9.03. The molecule has 9 heteroatoms. The highest BCUT2D eigenvalue weighted by molar-refractivity contribution is 7.80. The summed E-state index contributed by atoms with van der Waals surface area (Å²) in [6, 6.07) is 11.7. The summed E-state index contributed by atoms with van der Waals surface area (Å²) >= 11 is 16.8. The molecule has 6 nitrogen and oxygen atoms in total. The van der Waals surface area contributed by atoms with Gasteiger partial charge in [0.1, 0.15) is 5.75 Å². The molecule has 0 fully saturated rings. The second kappa shape index (κ2) is 9.55. The lowest BCUT2D eigenvalue weighted by Crippen LogP contribution is -2.51. The molecular weight excluding hydrogens is 409 g/mol. The maximum atomic E-state index is 12.2. The molecule has 0 aliphatic carbocycles. The largest absolute Gasteiger partial charge is 0.479 e. The van der Waals surface area contributed by atoms with Crippen LogP contribution in [-0.2, 0) is 4.79 Å². The van der Waals surface area contributed by atoms with E-state index in [4.69, 9.17) is 40.2 Å². The molecule has 0 saturated heterocycles. The number of hydrazine groups is 1. The summed E-state index contributed by atoms with van der Waals surface area (Å²) in [6.07, 6.45) is -0.869. The normalized spacial score (nSPS) is 11.3. The van der Waals surface area contributed by atoms with Crippen LogP contribution < -0.4 is 20.9 Å². The number of ether oxygens (including phenoxy) is 1. The molecule has 3 N–H and O–H groups in total. The fraction of sp³-hybridized carbons (Fsp3) is 0.167. The van der Waals surface area contributed by atoms with Crippen molar-refractivity contribution in [2.45, 2.75) is 20.0 Å². The Hall–Kier alpha value is -2.35. The lowest BCUT2D eigenvalue weighted by molar-refractivity contribution is -0.127. The number of nitrogens with one attached hydrogen (secondary N) is 3. The van der Waals surface area contributed by atoms with Gasteiger partial charge in [0, 0.05) is 10.6 Å². The van der Waals surface area contributed by atoms with Gasteiger partial charge in [-0.2, -0.15) is 0 Å². The SMILES string of the molecule is Cc1ccccc1C(=O)NC(=S)NNC(=O)C(C)Oc1ccc(Cl)cc1Cl. The maximum absolute atomic E-state index is 12.2. The Morgan fingerprint density at radius 3 is 2.48 bits per heavy atom. The highest BCUT2D eigenvalue weighted by atomic mass is 35.5. The van der Waals surface area contributed by atoms with Crippen molar-refractivity contribution in [1.29, 1.82) is 0 Å². The monoisotopic (exact) mass is 425 g/mol. The number of halogens is 2. The van der Waals surface area contributed by atoms with Crippen molar-refractivity contribution in [3.8, 4) is 5.75 Å². The predicted molar refractivity (Wildman–Crippen MR) is 109 cm³/mol. The molecule has 27 heavy (non-hydrogen) atoms. The van der Waals surface area contributed by atoms with Crippen LogP contribution in [0.3, 0.4) is 0 Å². The molecule has 0 aliphatic rings. The van der Waals surface area contributed by atoms with Crippen molar-refractivity contribution >= 4 is 52.3 Å². The zero-order valence-corrected chi connectivity index (χ0v) is 16.8. The van der Waals surface area contributed by atoms with Gasteiger partial charge in [0.15, 0.2) is 11.2 Å². The van der Waals surface area contributed by atoms with Crippen LogP contribution in [0.5, 0.6) is 5.75 Å². The van der Waals surface area contributed by atoms with E-state index in [1.54, 1.807) is 24.3 Å². The summed E-state index contributed by atoms with van der Waals surface area (Å²) in [4.78, 5) is 24.3. The van der Waals surface area contributed by atoms with E-state index < -0.39 is 12.0 Å². The van der Waals surface area contributed by atoms with Crippen molar-refractivity contribution in [2.75, 3.05) is 0 Å². The van der Waals surface area contributed by atoms with Gasteiger partial charge in [-0.05, 0) is 55.9 Å². The van der Waals surface area contributed by atoms with Crippen LogP contribution in [0.1, 0.15) is 22.8 Å².